The second kappa shape index (κ2) is 6.92. The Labute approximate surface area is 132 Å². The van der Waals surface area contributed by atoms with E-state index in [0.717, 1.165) is 30.0 Å². The number of fused-ring (bicyclic) bond motifs is 2. The van der Waals surface area contributed by atoms with Gasteiger partial charge in [-0.3, -0.25) is 4.99 Å². The van der Waals surface area contributed by atoms with Crippen LogP contribution in [0.25, 0.3) is 0 Å². The maximum absolute atomic E-state index is 6.24. The zero-order chi connectivity index (χ0) is 13.9. The van der Waals surface area contributed by atoms with Crippen LogP contribution in [-0.2, 0) is 0 Å². The topological polar surface area (TPSA) is 24.8 Å². The average Bonchev–Trinajstić information content (AvgIpc) is 2.64. The molecule has 2 aliphatic rings. The van der Waals surface area contributed by atoms with Crippen LogP contribution >= 0.6 is 12.4 Å². The van der Waals surface area contributed by atoms with Crippen LogP contribution in [0.15, 0.2) is 53.2 Å². The summed E-state index contributed by atoms with van der Waals surface area (Å²) in [5.41, 5.74) is 2.07. The molecule has 0 amide bonds. The highest BCUT2D eigenvalue weighted by molar-refractivity contribution is 5.85. The summed E-state index contributed by atoms with van der Waals surface area (Å²) in [6, 6.07) is 8.08. The fourth-order valence-corrected chi connectivity index (χ4v) is 2.61. The van der Waals surface area contributed by atoms with Crippen molar-refractivity contribution >= 4 is 18.6 Å². The Morgan fingerprint density at radius 3 is 2.86 bits per heavy atom. The summed E-state index contributed by atoms with van der Waals surface area (Å²) in [6.07, 6.45) is 9.40. The van der Waals surface area contributed by atoms with E-state index in [2.05, 4.69) is 42.2 Å². The van der Waals surface area contributed by atoms with E-state index in [9.17, 15) is 0 Å². The first-order valence-electron chi connectivity index (χ1n) is 7.07. The number of aliphatic imine (C=N–C) groups is 1. The second-order valence-electron chi connectivity index (χ2n) is 5.57. The third-order valence-corrected chi connectivity index (χ3v) is 3.74. The number of nitrogens with zero attached hydrogens (tertiary/aromatic N) is 2. The molecule has 3 rings (SSSR count). The van der Waals surface area contributed by atoms with Crippen LogP contribution in [0.4, 0.5) is 0 Å². The van der Waals surface area contributed by atoms with Crippen molar-refractivity contribution in [3.8, 4) is 5.75 Å². The fourth-order valence-electron chi connectivity index (χ4n) is 2.61. The molecule has 0 N–H and O–H groups in total. The first-order valence-corrected chi connectivity index (χ1v) is 7.07. The zero-order valence-corrected chi connectivity index (χ0v) is 13.2. The molecule has 0 bridgehead atoms. The van der Waals surface area contributed by atoms with E-state index in [1.165, 1.54) is 0 Å². The van der Waals surface area contributed by atoms with Gasteiger partial charge in [-0.25, -0.2) is 0 Å². The molecule has 1 aromatic rings. The van der Waals surface area contributed by atoms with Gasteiger partial charge in [-0.1, -0.05) is 24.3 Å². The van der Waals surface area contributed by atoms with Crippen molar-refractivity contribution in [2.45, 2.75) is 12.5 Å². The molecule has 2 unspecified atom stereocenters. The van der Waals surface area contributed by atoms with Gasteiger partial charge in [-0.15, -0.1) is 12.4 Å². The summed E-state index contributed by atoms with van der Waals surface area (Å²) < 4.78 is 6.24. The van der Waals surface area contributed by atoms with Crippen molar-refractivity contribution in [3.05, 3.63) is 53.8 Å². The Morgan fingerprint density at radius 1 is 1.24 bits per heavy atom. The van der Waals surface area contributed by atoms with Crippen molar-refractivity contribution in [2.24, 2.45) is 10.9 Å². The summed E-state index contributed by atoms with van der Waals surface area (Å²) in [4.78, 5) is 6.82. The molecule has 0 fully saturated rings. The Morgan fingerprint density at radius 2 is 2.05 bits per heavy atom. The van der Waals surface area contributed by atoms with Crippen LogP contribution in [0.5, 0.6) is 5.75 Å². The Bertz CT molecular complexity index is 578. The zero-order valence-electron chi connectivity index (χ0n) is 12.4. The lowest BCUT2D eigenvalue weighted by Crippen LogP contribution is -2.31. The van der Waals surface area contributed by atoms with E-state index in [-0.39, 0.29) is 18.5 Å². The predicted molar refractivity (Wildman–Crippen MR) is 89.6 cm³/mol. The summed E-state index contributed by atoms with van der Waals surface area (Å²) >= 11 is 0. The Kier molecular flexibility index (Phi) is 5.21. The number of ether oxygens (including phenoxy) is 1. The summed E-state index contributed by atoms with van der Waals surface area (Å²) in [5.74, 6) is 1.30. The summed E-state index contributed by atoms with van der Waals surface area (Å²) in [5, 5.41) is 0. The molecule has 1 heterocycles. The number of para-hydroxylation sites is 1. The molecule has 0 saturated heterocycles. The van der Waals surface area contributed by atoms with Crippen molar-refractivity contribution in [1.29, 1.82) is 0 Å². The number of halogens is 1. The second-order valence-corrected chi connectivity index (χ2v) is 5.57. The SMILES string of the molecule is CN(C)CCC1C=CC=C2N=Cc3ccccc3OC21.Cl. The standard InChI is InChI=1S/C17H20N2O.ClH/c1-19(2)11-10-13-7-5-8-15-17(13)20-16-9-4-3-6-14(16)12-18-15;/h3-9,12-13,17H,10-11H2,1-2H3;1H. The van der Waals surface area contributed by atoms with E-state index in [1.807, 2.05) is 30.5 Å². The van der Waals surface area contributed by atoms with Gasteiger partial charge in [-0.2, -0.15) is 0 Å². The molecule has 0 saturated carbocycles. The van der Waals surface area contributed by atoms with E-state index >= 15 is 0 Å². The molecule has 4 heteroatoms. The first kappa shape index (κ1) is 15.8. The largest absolute Gasteiger partial charge is 0.483 e. The maximum atomic E-state index is 6.24. The third-order valence-electron chi connectivity index (χ3n) is 3.74. The lowest BCUT2D eigenvalue weighted by molar-refractivity contribution is 0.176. The Balaban J connectivity index is 0.00000161. The van der Waals surface area contributed by atoms with E-state index in [1.54, 1.807) is 0 Å². The van der Waals surface area contributed by atoms with Gasteiger partial charge in [0.05, 0.1) is 5.70 Å². The van der Waals surface area contributed by atoms with E-state index in [0.29, 0.717) is 5.92 Å². The molecule has 2 atom stereocenters. The summed E-state index contributed by atoms with van der Waals surface area (Å²) in [6.45, 7) is 1.05. The molecule has 0 radical (unpaired) electrons. The summed E-state index contributed by atoms with van der Waals surface area (Å²) in [7, 11) is 4.20. The molecule has 1 aliphatic heterocycles. The van der Waals surface area contributed by atoms with Gasteiger partial charge < -0.3 is 9.64 Å². The predicted octanol–water partition coefficient (Wildman–Crippen LogP) is 3.31. The average molecular weight is 305 g/mol. The molecular formula is C17H21ClN2O. The van der Waals surface area contributed by atoms with Crippen LogP contribution in [0.2, 0.25) is 0 Å². The molecule has 1 aliphatic carbocycles. The third kappa shape index (κ3) is 3.55. The molecular weight excluding hydrogens is 284 g/mol. The van der Waals surface area contributed by atoms with Gasteiger partial charge >= 0.3 is 0 Å². The minimum atomic E-state index is 0. The smallest absolute Gasteiger partial charge is 0.147 e. The van der Waals surface area contributed by atoms with Crippen LogP contribution in [0, 0.1) is 5.92 Å². The van der Waals surface area contributed by atoms with Crippen LogP contribution in [0.3, 0.4) is 0 Å². The van der Waals surface area contributed by atoms with E-state index in [4.69, 9.17) is 4.74 Å². The number of rotatable bonds is 3. The number of hydrogen-bond donors (Lipinski definition) is 0. The minimum Gasteiger partial charge on any atom is -0.483 e. The highest BCUT2D eigenvalue weighted by Crippen LogP contribution is 2.31. The molecule has 21 heavy (non-hydrogen) atoms. The molecule has 0 aromatic heterocycles. The lowest BCUT2D eigenvalue weighted by atomic mass is 9.91. The molecule has 1 aromatic carbocycles. The van der Waals surface area contributed by atoms with Gasteiger partial charge in [0, 0.05) is 17.7 Å². The molecule has 3 nitrogen and oxygen atoms in total. The number of allylic oxidation sites excluding steroid dienone is 2. The fraction of sp³-hybridized carbons (Fsp3) is 0.353. The maximum Gasteiger partial charge on any atom is 0.147 e. The van der Waals surface area contributed by atoms with Crippen molar-refractivity contribution < 1.29 is 4.74 Å². The van der Waals surface area contributed by atoms with Crippen molar-refractivity contribution in [3.63, 3.8) is 0 Å². The van der Waals surface area contributed by atoms with Gasteiger partial charge in [0.1, 0.15) is 11.9 Å². The van der Waals surface area contributed by atoms with Gasteiger partial charge in [-0.05, 0) is 45.3 Å². The number of benzene rings is 1. The molecule has 0 spiro atoms. The van der Waals surface area contributed by atoms with Crippen LogP contribution in [0.1, 0.15) is 12.0 Å². The minimum absolute atomic E-state index is 0. The Hall–Kier alpha value is -1.58. The van der Waals surface area contributed by atoms with Gasteiger partial charge in [0.2, 0.25) is 0 Å². The van der Waals surface area contributed by atoms with Gasteiger partial charge in [0.15, 0.2) is 0 Å². The first-order chi connectivity index (χ1) is 9.74. The quantitative estimate of drug-likeness (QED) is 0.856. The van der Waals surface area contributed by atoms with Gasteiger partial charge in [0.25, 0.3) is 0 Å². The molecule has 112 valence electrons. The van der Waals surface area contributed by atoms with E-state index < -0.39 is 0 Å². The normalized spacial score (nSPS) is 22.5. The van der Waals surface area contributed by atoms with Crippen LogP contribution < -0.4 is 4.74 Å². The monoisotopic (exact) mass is 304 g/mol. The van der Waals surface area contributed by atoms with Crippen molar-refractivity contribution in [1.82, 2.24) is 4.90 Å². The highest BCUT2D eigenvalue weighted by atomic mass is 35.5. The van der Waals surface area contributed by atoms with Crippen molar-refractivity contribution in [2.75, 3.05) is 20.6 Å². The highest BCUT2D eigenvalue weighted by Gasteiger charge is 2.29. The van der Waals surface area contributed by atoms with Crippen LogP contribution in [-0.4, -0.2) is 37.9 Å². The number of hydrogen-bond acceptors (Lipinski definition) is 3. The lowest BCUT2D eigenvalue weighted by Gasteiger charge is -2.28.